The van der Waals surface area contributed by atoms with Crippen LogP contribution in [0.1, 0.15) is 0 Å². The van der Waals surface area contributed by atoms with Gasteiger partial charge in [-0.15, -0.1) is 0 Å². The summed E-state index contributed by atoms with van der Waals surface area (Å²) in [6, 6.07) is 0. The van der Waals surface area contributed by atoms with Crippen LogP contribution >= 0.6 is 0 Å². The Bertz CT molecular complexity index is 65.6. The molecule has 0 fully saturated rings. The van der Waals surface area contributed by atoms with Crippen molar-refractivity contribution in [2.45, 2.75) is 0 Å². The zero-order valence-electron chi connectivity index (χ0n) is 6.82. The second-order valence-electron chi connectivity index (χ2n) is 1.05. The van der Waals surface area contributed by atoms with Crippen LogP contribution in [0.3, 0.4) is 0 Å². The third-order valence-electron chi connectivity index (χ3n) is 0. The minimum atomic E-state index is -5.61. The first-order valence-corrected chi connectivity index (χ1v) is 5.02. The van der Waals surface area contributed by atoms with E-state index in [0.29, 0.717) is 0 Å². The van der Waals surface area contributed by atoms with Crippen LogP contribution in [0.4, 0.5) is 0 Å². The molecule has 8 nitrogen and oxygen atoms in total. The van der Waals surface area contributed by atoms with Gasteiger partial charge in [0, 0.05) is 17.1 Å². The molecule has 0 spiro atoms. The van der Waals surface area contributed by atoms with E-state index in [-0.39, 0.29) is 86.2 Å². The SMILES string of the molecule is [Fe].[Mg+2].[Mg+2].[Mg+2].[O-][Si]([O-])(O)O.[O-][Si]([O-])([O-])[O-]. The molecule has 0 aromatic rings. The zero-order chi connectivity index (χ0) is 9.00. The van der Waals surface area contributed by atoms with Crippen molar-refractivity contribution in [2.24, 2.45) is 0 Å². The number of hydrogen-bond acceptors (Lipinski definition) is 8. The van der Waals surface area contributed by atoms with Crippen LogP contribution in [0.5, 0.6) is 0 Å². The molecule has 0 bridgehead atoms. The minimum Gasteiger partial charge on any atom is -0.894 e. The number of hydrogen-bond donors (Lipinski definition) is 2. The van der Waals surface area contributed by atoms with Crippen LogP contribution in [-0.4, -0.2) is 96.8 Å². The monoisotopic (exact) mass is 314 g/mol. The Morgan fingerprint density at radius 3 is 0.643 bits per heavy atom. The maximum atomic E-state index is 8.80. The Hall–Kier alpha value is 2.93. The van der Waals surface area contributed by atoms with E-state index in [4.69, 9.17) is 38.4 Å². The van der Waals surface area contributed by atoms with Gasteiger partial charge in [-0.05, 0) is 0 Å². The van der Waals surface area contributed by atoms with E-state index in [1.807, 2.05) is 0 Å². The molecule has 72 valence electrons. The molecule has 0 atom stereocenters. The Labute approximate surface area is 141 Å². The Balaban J connectivity index is -0.0000000178. The average Bonchev–Trinajstić information content (AvgIpc) is 1.12. The van der Waals surface area contributed by atoms with E-state index in [2.05, 4.69) is 0 Å². The van der Waals surface area contributed by atoms with Gasteiger partial charge in [0.15, 0.2) is 0 Å². The van der Waals surface area contributed by atoms with Crippen molar-refractivity contribution in [1.82, 2.24) is 0 Å². The Morgan fingerprint density at radius 2 is 0.643 bits per heavy atom. The van der Waals surface area contributed by atoms with Crippen LogP contribution in [0, 0.1) is 0 Å². The Morgan fingerprint density at radius 1 is 0.643 bits per heavy atom. The standard InChI is InChI=1S/Fe.3Mg.H2O4Si.O4Si/c;;;;2*1-5(2,3)4/h;;;;1-2H;/q;3*+2;-2;-4. The molecule has 0 unspecified atom stereocenters. The molecule has 0 rings (SSSR count). The van der Waals surface area contributed by atoms with Gasteiger partial charge in [-0.2, -0.15) is 0 Å². The van der Waals surface area contributed by atoms with Crippen LogP contribution in [-0.2, 0) is 17.1 Å². The van der Waals surface area contributed by atoms with E-state index >= 15 is 0 Å². The smallest absolute Gasteiger partial charge is 0.894 e. The molecule has 0 aromatic heterocycles. The summed E-state index contributed by atoms with van der Waals surface area (Å²) in [5.74, 6) is 0. The summed E-state index contributed by atoms with van der Waals surface area (Å²) >= 11 is 0. The van der Waals surface area contributed by atoms with Gasteiger partial charge in [-0.1, -0.05) is 0 Å². The van der Waals surface area contributed by atoms with Crippen LogP contribution in [0.2, 0.25) is 0 Å². The molecule has 0 amide bonds. The van der Waals surface area contributed by atoms with Crippen molar-refractivity contribution in [3.8, 4) is 0 Å². The molecule has 0 saturated carbocycles. The second-order valence-corrected chi connectivity index (χ2v) is 3.15. The first-order chi connectivity index (χ1) is 4.00. The summed E-state index contributed by atoms with van der Waals surface area (Å²) in [7, 11) is -10.7. The molecule has 0 aliphatic carbocycles. The van der Waals surface area contributed by atoms with Gasteiger partial charge in [0.2, 0.25) is 0 Å². The fourth-order valence-electron chi connectivity index (χ4n) is 0. The molecular formula is H2FeMg3O8Si2. The summed E-state index contributed by atoms with van der Waals surface area (Å²) in [6.07, 6.45) is 0. The van der Waals surface area contributed by atoms with E-state index in [0.717, 1.165) is 0 Å². The van der Waals surface area contributed by atoms with E-state index in [9.17, 15) is 0 Å². The summed E-state index contributed by atoms with van der Waals surface area (Å²) in [5, 5.41) is 0. The molecule has 0 radical (unpaired) electrons. The minimum absolute atomic E-state index is 0. The molecule has 14 heavy (non-hydrogen) atoms. The molecule has 0 aliphatic heterocycles. The molecule has 0 aliphatic rings. The predicted octanol–water partition coefficient (Wildman–Crippen LogP) is -10.2. The van der Waals surface area contributed by atoms with Gasteiger partial charge >= 0.3 is 69.2 Å². The molecule has 2 N–H and O–H groups in total. The maximum absolute atomic E-state index is 8.80. The van der Waals surface area contributed by atoms with Crippen molar-refractivity contribution in [3.63, 3.8) is 0 Å². The molecular weight excluding hydrogens is 313 g/mol. The largest absolute Gasteiger partial charge is 2.00 e. The molecule has 0 saturated heterocycles. The zero-order valence-corrected chi connectivity index (χ0v) is 14.2. The normalized spacial score (nSPS) is 8.57. The van der Waals surface area contributed by atoms with Crippen LogP contribution in [0.25, 0.3) is 0 Å². The van der Waals surface area contributed by atoms with Crippen LogP contribution in [0.15, 0.2) is 0 Å². The second kappa shape index (κ2) is 15.9. The van der Waals surface area contributed by atoms with Crippen molar-refractivity contribution < 1.29 is 55.4 Å². The van der Waals surface area contributed by atoms with Crippen LogP contribution < -0.4 is 28.8 Å². The first kappa shape index (κ1) is 36.0. The summed E-state index contributed by atoms with van der Waals surface area (Å²) in [5.41, 5.74) is 0. The van der Waals surface area contributed by atoms with Gasteiger partial charge < -0.3 is 47.4 Å². The molecule has 0 heterocycles. The van der Waals surface area contributed by atoms with Gasteiger partial charge in [0.05, 0.1) is 0 Å². The van der Waals surface area contributed by atoms with E-state index in [1.54, 1.807) is 0 Å². The van der Waals surface area contributed by atoms with E-state index in [1.165, 1.54) is 0 Å². The quantitative estimate of drug-likeness (QED) is 0.413. The Kier molecular flexibility index (Phi) is 40.9. The maximum Gasteiger partial charge on any atom is 2.00 e. The third kappa shape index (κ3) is 337. The van der Waals surface area contributed by atoms with Gasteiger partial charge in [0.25, 0.3) is 0 Å². The third-order valence-corrected chi connectivity index (χ3v) is 0. The summed E-state index contributed by atoms with van der Waals surface area (Å²) < 4.78 is 0. The fraction of sp³-hybridized carbons (Fsp3) is 0. The van der Waals surface area contributed by atoms with Crippen molar-refractivity contribution in [1.29, 1.82) is 0 Å². The van der Waals surface area contributed by atoms with Crippen molar-refractivity contribution in [3.05, 3.63) is 0 Å². The summed E-state index contributed by atoms with van der Waals surface area (Å²) in [4.78, 5) is 66.1. The van der Waals surface area contributed by atoms with Crippen molar-refractivity contribution >= 4 is 87.3 Å². The van der Waals surface area contributed by atoms with Gasteiger partial charge in [-0.25, -0.2) is 0 Å². The van der Waals surface area contributed by atoms with Crippen molar-refractivity contribution in [2.75, 3.05) is 0 Å². The number of rotatable bonds is 0. The van der Waals surface area contributed by atoms with E-state index < -0.39 is 18.1 Å². The molecule has 0 aromatic carbocycles. The predicted molar refractivity (Wildman–Crippen MR) is 33.2 cm³/mol. The van der Waals surface area contributed by atoms with Gasteiger partial charge in [0.1, 0.15) is 9.05 Å². The fourth-order valence-corrected chi connectivity index (χ4v) is 0. The first-order valence-electron chi connectivity index (χ1n) is 1.67. The average molecular weight is 315 g/mol. The molecule has 14 heteroatoms. The van der Waals surface area contributed by atoms with Gasteiger partial charge in [-0.3, -0.25) is 0 Å². The topological polar surface area (TPSA) is 179 Å². The summed E-state index contributed by atoms with van der Waals surface area (Å²) in [6.45, 7) is 0.